The summed E-state index contributed by atoms with van der Waals surface area (Å²) >= 11 is 0. The zero-order valence-electron chi connectivity index (χ0n) is 9.33. The van der Waals surface area contributed by atoms with Gasteiger partial charge in [-0.1, -0.05) is 38.3 Å². The molecule has 0 saturated carbocycles. The lowest BCUT2D eigenvalue weighted by molar-refractivity contribution is 0.614. The van der Waals surface area contributed by atoms with Crippen LogP contribution in [-0.2, 0) is 6.42 Å². The van der Waals surface area contributed by atoms with Gasteiger partial charge in [0, 0.05) is 5.39 Å². The van der Waals surface area contributed by atoms with Gasteiger partial charge in [0.1, 0.15) is 5.58 Å². The van der Waals surface area contributed by atoms with E-state index in [2.05, 4.69) is 25.1 Å². The lowest BCUT2D eigenvalue weighted by Gasteiger charge is -2.00. The molecule has 0 atom stereocenters. The van der Waals surface area contributed by atoms with Crippen LogP contribution in [0.25, 0.3) is 11.0 Å². The van der Waals surface area contributed by atoms with Gasteiger partial charge in [-0.2, -0.15) is 0 Å². The molecule has 0 N–H and O–H groups in total. The smallest absolute Gasteiger partial charge is 0.134 e. The van der Waals surface area contributed by atoms with E-state index in [1.807, 2.05) is 6.07 Å². The zero-order valence-corrected chi connectivity index (χ0v) is 9.33. The summed E-state index contributed by atoms with van der Waals surface area (Å²) in [6, 6.07) is 8.54. The molecule has 0 bridgehead atoms. The van der Waals surface area contributed by atoms with Crippen LogP contribution in [-0.4, -0.2) is 0 Å². The molecule has 1 heteroatoms. The fourth-order valence-electron chi connectivity index (χ4n) is 1.91. The van der Waals surface area contributed by atoms with Crippen molar-refractivity contribution in [3.63, 3.8) is 0 Å². The molecule has 0 radical (unpaired) electrons. The average molecular weight is 202 g/mol. The molecule has 80 valence electrons. The summed E-state index contributed by atoms with van der Waals surface area (Å²) in [6.45, 7) is 2.24. The molecule has 1 aromatic heterocycles. The standard InChI is InChI=1S/C14H18O/c1-2-3-4-5-6-12-7-8-13-9-10-15-14(13)11-12/h7-11H,2-6H2,1H3. The maximum Gasteiger partial charge on any atom is 0.134 e. The number of rotatable bonds is 5. The number of benzene rings is 1. The molecule has 15 heavy (non-hydrogen) atoms. The predicted molar refractivity (Wildman–Crippen MR) is 64.1 cm³/mol. The van der Waals surface area contributed by atoms with Crippen LogP contribution in [0, 0.1) is 0 Å². The fourth-order valence-corrected chi connectivity index (χ4v) is 1.91. The monoisotopic (exact) mass is 202 g/mol. The van der Waals surface area contributed by atoms with Gasteiger partial charge in [0.05, 0.1) is 6.26 Å². The Kier molecular flexibility index (Phi) is 3.44. The molecule has 0 aliphatic heterocycles. The van der Waals surface area contributed by atoms with Crippen LogP contribution in [0.2, 0.25) is 0 Å². The molecule has 0 saturated heterocycles. The number of hydrogen-bond donors (Lipinski definition) is 0. The molecule has 0 unspecified atom stereocenters. The number of unbranched alkanes of at least 4 members (excludes halogenated alkanes) is 3. The highest BCUT2D eigenvalue weighted by Crippen LogP contribution is 2.18. The Bertz CT molecular complexity index is 414. The van der Waals surface area contributed by atoms with Crippen LogP contribution in [0.15, 0.2) is 34.9 Å². The van der Waals surface area contributed by atoms with Crippen LogP contribution in [0.3, 0.4) is 0 Å². The minimum atomic E-state index is 1.02. The molecule has 0 aliphatic rings. The highest BCUT2D eigenvalue weighted by molar-refractivity contribution is 5.77. The molecular formula is C14H18O. The number of aryl methyl sites for hydroxylation is 1. The van der Waals surface area contributed by atoms with Crippen LogP contribution in [0.5, 0.6) is 0 Å². The lowest BCUT2D eigenvalue weighted by Crippen LogP contribution is -1.85. The first kappa shape index (κ1) is 10.3. The number of hydrogen-bond acceptors (Lipinski definition) is 1. The Balaban J connectivity index is 1.96. The summed E-state index contributed by atoms with van der Waals surface area (Å²) in [5, 5.41) is 1.20. The molecule has 2 rings (SSSR count). The van der Waals surface area contributed by atoms with E-state index in [0.29, 0.717) is 0 Å². The van der Waals surface area contributed by atoms with Crippen molar-refractivity contribution in [2.45, 2.75) is 39.0 Å². The third kappa shape index (κ3) is 2.62. The first-order valence-electron chi connectivity index (χ1n) is 5.86. The Morgan fingerprint density at radius 1 is 1.07 bits per heavy atom. The van der Waals surface area contributed by atoms with Crippen LogP contribution in [0.1, 0.15) is 38.2 Å². The third-order valence-electron chi connectivity index (χ3n) is 2.84. The first-order chi connectivity index (χ1) is 7.40. The summed E-state index contributed by atoms with van der Waals surface area (Å²) < 4.78 is 5.39. The second kappa shape index (κ2) is 5.01. The van der Waals surface area contributed by atoms with Gasteiger partial charge in [-0.25, -0.2) is 0 Å². The molecule has 0 amide bonds. The van der Waals surface area contributed by atoms with Crippen molar-refractivity contribution in [3.05, 3.63) is 36.1 Å². The first-order valence-corrected chi connectivity index (χ1v) is 5.86. The second-order valence-electron chi connectivity index (χ2n) is 4.10. The molecule has 1 heterocycles. The Labute approximate surface area is 91.1 Å². The van der Waals surface area contributed by atoms with E-state index in [0.717, 1.165) is 5.58 Å². The second-order valence-corrected chi connectivity index (χ2v) is 4.10. The predicted octanol–water partition coefficient (Wildman–Crippen LogP) is 4.56. The van der Waals surface area contributed by atoms with Gasteiger partial charge in [0.25, 0.3) is 0 Å². The normalized spacial score (nSPS) is 11.0. The van der Waals surface area contributed by atoms with Gasteiger partial charge in [0.2, 0.25) is 0 Å². The highest BCUT2D eigenvalue weighted by atomic mass is 16.3. The molecule has 0 spiro atoms. The third-order valence-corrected chi connectivity index (χ3v) is 2.84. The van der Waals surface area contributed by atoms with Crippen molar-refractivity contribution in [1.29, 1.82) is 0 Å². The van der Waals surface area contributed by atoms with E-state index in [4.69, 9.17) is 4.42 Å². The van der Waals surface area contributed by atoms with Crippen LogP contribution in [0.4, 0.5) is 0 Å². The number of fused-ring (bicyclic) bond motifs is 1. The van der Waals surface area contributed by atoms with E-state index >= 15 is 0 Å². The molecule has 1 aromatic carbocycles. The van der Waals surface area contributed by atoms with Gasteiger partial charge in [-0.3, -0.25) is 0 Å². The SMILES string of the molecule is CCCCCCc1ccc2ccoc2c1. The molecule has 1 nitrogen and oxygen atoms in total. The average Bonchev–Trinajstić information content (AvgIpc) is 2.71. The molecule has 2 aromatic rings. The summed E-state index contributed by atoms with van der Waals surface area (Å²) in [4.78, 5) is 0. The number of furan rings is 1. The maximum atomic E-state index is 5.39. The summed E-state index contributed by atoms with van der Waals surface area (Å²) in [5.41, 5.74) is 2.41. The van der Waals surface area contributed by atoms with E-state index in [1.54, 1.807) is 6.26 Å². The van der Waals surface area contributed by atoms with E-state index < -0.39 is 0 Å². The van der Waals surface area contributed by atoms with Gasteiger partial charge in [-0.15, -0.1) is 0 Å². The molecule has 0 aliphatic carbocycles. The van der Waals surface area contributed by atoms with Crippen molar-refractivity contribution in [2.75, 3.05) is 0 Å². The lowest BCUT2D eigenvalue weighted by atomic mass is 10.1. The Hall–Kier alpha value is -1.24. The van der Waals surface area contributed by atoms with Gasteiger partial charge < -0.3 is 4.42 Å². The fraction of sp³-hybridized carbons (Fsp3) is 0.429. The van der Waals surface area contributed by atoms with Gasteiger partial charge in [-0.05, 0) is 30.5 Å². The van der Waals surface area contributed by atoms with Crippen LogP contribution >= 0.6 is 0 Å². The Morgan fingerprint density at radius 2 is 2.00 bits per heavy atom. The zero-order chi connectivity index (χ0) is 10.5. The van der Waals surface area contributed by atoms with Crippen molar-refractivity contribution in [3.8, 4) is 0 Å². The maximum absolute atomic E-state index is 5.39. The van der Waals surface area contributed by atoms with E-state index in [9.17, 15) is 0 Å². The minimum Gasteiger partial charge on any atom is -0.464 e. The Morgan fingerprint density at radius 3 is 2.87 bits per heavy atom. The minimum absolute atomic E-state index is 1.02. The highest BCUT2D eigenvalue weighted by Gasteiger charge is 1.98. The quantitative estimate of drug-likeness (QED) is 0.648. The van der Waals surface area contributed by atoms with Crippen molar-refractivity contribution in [1.82, 2.24) is 0 Å². The topological polar surface area (TPSA) is 13.1 Å². The van der Waals surface area contributed by atoms with E-state index in [1.165, 1.54) is 43.1 Å². The largest absolute Gasteiger partial charge is 0.464 e. The van der Waals surface area contributed by atoms with Gasteiger partial charge >= 0.3 is 0 Å². The summed E-state index contributed by atoms with van der Waals surface area (Å²) in [7, 11) is 0. The van der Waals surface area contributed by atoms with Crippen molar-refractivity contribution >= 4 is 11.0 Å². The molecular weight excluding hydrogens is 184 g/mol. The van der Waals surface area contributed by atoms with E-state index in [-0.39, 0.29) is 0 Å². The van der Waals surface area contributed by atoms with Gasteiger partial charge in [0.15, 0.2) is 0 Å². The molecule has 0 fully saturated rings. The van der Waals surface area contributed by atoms with Crippen LogP contribution < -0.4 is 0 Å². The summed E-state index contributed by atoms with van der Waals surface area (Å²) in [6.07, 6.45) is 8.22. The summed E-state index contributed by atoms with van der Waals surface area (Å²) in [5.74, 6) is 0. The van der Waals surface area contributed by atoms with Crippen molar-refractivity contribution < 1.29 is 4.42 Å². The van der Waals surface area contributed by atoms with Crippen molar-refractivity contribution in [2.24, 2.45) is 0 Å².